The Morgan fingerprint density at radius 3 is 2.60 bits per heavy atom. The summed E-state index contributed by atoms with van der Waals surface area (Å²) in [6, 6.07) is 19.0. The Balaban J connectivity index is 1.37. The predicted molar refractivity (Wildman–Crippen MR) is 118 cm³/mol. The van der Waals surface area contributed by atoms with Crippen molar-refractivity contribution in [1.82, 2.24) is 10.2 Å². The molecule has 4 rings (SSSR count). The lowest BCUT2D eigenvalue weighted by Crippen LogP contribution is -2.35. The molecule has 1 aromatic heterocycles. The quantitative estimate of drug-likeness (QED) is 0.648. The Morgan fingerprint density at radius 2 is 1.87 bits per heavy atom. The molecule has 0 saturated heterocycles. The SMILES string of the molecule is CCOc1ccc(CNC(=O)c2cc3c(s2)CCN(C(=O)c2ccccc2)C3)cc1. The first-order chi connectivity index (χ1) is 14.6. The van der Waals surface area contributed by atoms with Crippen molar-refractivity contribution in [2.24, 2.45) is 0 Å². The zero-order valence-corrected chi connectivity index (χ0v) is 17.7. The normalized spacial score (nSPS) is 12.9. The molecular weight excluding hydrogens is 396 g/mol. The van der Waals surface area contributed by atoms with Crippen molar-refractivity contribution in [2.45, 2.75) is 26.4 Å². The molecule has 6 heteroatoms. The second-order valence-electron chi connectivity index (χ2n) is 7.16. The zero-order chi connectivity index (χ0) is 20.9. The zero-order valence-electron chi connectivity index (χ0n) is 16.9. The maximum absolute atomic E-state index is 12.7. The number of fused-ring (bicyclic) bond motifs is 1. The number of nitrogens with one attached hydrogen (secondary N) is 1. The molecule has 0 bridgehead atoms. The number of benzene rings is 2. The molecule has 1 aliphatic heterocycles. The van der Waals surface area contributed by atoms with Crippen molar-refractivity contribution in [2.75, 3.05) is 13.2 Å². The van der Waals surface area contributed by atoms with Crippen LogP contribution in [0.3, 0.4) is 0 Å². The molecule has 5 nitrogen and oxygen atoms in total. The standard InChI is InChI=1S/C24H24N2O3S/c1-2-29-20-10-8-17(9-11-20)15-25-23(27)22-14-19-16-26(13-12-21(19)30-22)24(28)18-6-4-3-5-7-18/h3-11,14H,2,12-13,15-16H2,1H3,(H,25,27). The van der Waals surface area contributed by atoms with Crippen LogP contribution in [0.5, 0.6) is 5.75 Å². The summed E-state index contributed by atoms with van der Waals surface area (Å²) >= 11 is 1.53. The van der Waals surface area contributed by atoms with Gasteiger partial charge in [0.25, 0.3) is 11.8 Å². The molecule has 0 atom stereocenters. The van der Waals surface area contributed by atoms with Crippen LogP contribution < -0.4 is 10.1 Å². The smallest absolute Gasteiger partial charge is 0.261 e. The van der Waals surface area contributed by atoms with Gasteiger partial charge in [0.2, 0.25) is 0 Å². The summed E-state index contributed by atoms with van der Waals surface area (Å²) in [6.45, 7) is 4.27. The molecule has 0 fully saturated rings. The van der Waals surface area contributed by atoms with Crippen LogP contribution in [0.4, 0.5) is 0 Å². The number of hydrogen-bond donors (Lipinski definition) is 1. The number of nitrogens with zero attached hydrogens (tertiary/aromatic N) is 1. The summed E-state index contributed by atoms with van der Waals surface area (Å²) in [5, 5.41) is 2.99. The highest BCUT2D eigenvalue weighted by molar-refractivity contribution is 7.14. The molecule has 0 spiro atoms. The maximum Gasteiger partial charge on any atom is 0.261 e. The van der Waals surface area contributed by atoms with E-state index in [0.717, 1.165) is 23.3 Å². The number of hydrogen-bond acceptors (Lipinski definition) is 4. The number of thiophene rings is 1. The van der Waals surface area contributed by atoms with Gasteiger partial charge in [0.15, 0.2) is 0 Å². The molecule has 0 saturated carbocycles. The molecule has 1 aliphatic rings. The van der Waals surface area contributed by atoms with E-state index in [-0.39, 0.29) is 11.8 Å². The average Bonchev–Trinajstić information content (AvgIpc) is 3.22. The summed E-state index contributed by atoms with van der Waals surface area (Å²) in [6.07, 6.45) is 0.782. The van der Waals surface area contributed by atoms with Crippen LogP contribution in [0, 0.1) is 0 Å². The van der Waals surface area contributed by atoms with Crippen molar-refractivity contribution >= 4 is 23.2 Å². The number of rotatable bonds is 6. The van der Waals surface area contributed by atoms with Crippen LogP contribution in [-0.4, -0.2) is 29.9 Å². The fraction of sp³-hybridized carbons (Fsp3) is 0.250. The maximum atomic E-state index is 12.7. The summed E-state index contributed by atoms with van der Waals surface area (Å²) < 4.78 is 5.44. The van der Waals surface area contributed by atoms with Gasteiger partial charge in [-0.1, -0.05) is 30.3 Å². The van der Waals surface area contributed by atoms with Crippen LogP contribution in [-0.2, 0) is 19.5 Å². The molecule has 2 aromatic carbocycles. The first-order valence-corrected chi connectivity index (χ1v) is 10.9. The Labute approximate surface area is 180 Å². The van der Waals surface area contributed by atoms with Crippen LogP contribution in [0.1, 0.15) is 43.0 Å². The Kier molecular flexibility index (Phi) is 6.14. The molecule has 154 valence electrons. The van der Waals surface area contributed by atoms with Crippen molar-refractivity contribution in [1.29, 1.82) is 0 Å². The number of carbonyl (C=O) groups excluding carboxylic acids is 2. The fourth-order valence-corrected chi connectivity index (χ4v) is 4.60. The van der Waals surface area contributed by atoms with Gasteiger partial charge in [-0.15, -0.1) is 11.3 Å². The highest BCUT2D eigenvalue weighted by Gasteiger charge is 2.25. The fourth-order valence-electron chi connectivity index (χ4n) is 3.52. The summed E-state index contributed by atoms with van der Waals surface area (Å²) in [4.78, 5) is 29.1. The number of carbonyl (C=O) groups is 2. The number of amides is 2. The third kappa shape index (κ3) is 4.54. The van der Waals surface area contributed by atoms with E-state index in [4.69, 9.17) is 4.74 Å². The molecule has 1 N–H and O–H groups in total. The molecule has 2 amide bonds. The lowest BCUT2D eigenvalue weighted by Gasteiger charge is -2.27. The van der Waals surface area contributed by atoms with E-state index >= 15 is 0 Å². The van der Waals surface area contributed by atoms with Gasteiger partial charge in [-0.05, 0) is 54.8 Å². The minimum absolute atomic E-state index is 0.0361. The van der Waals surface area contributed by atoms with Crippen LogP contribution in [0.15, 0.2) is 60.7 Å². The van der Waals surface area contributed by atoms with Crippen molar-refractivity contribution in [3.05, 3.63) is 87.1 Å². The van der Waals surface area contributed by atoms with Crippen molar-refractivity contribution in [3.8, 4) is 5.75 Å². The average molecular weight is 421 g/mol. The van der Waals surface area contributed by atoms with Gasteiger partial charge in [0.05, 0.1) is 11.5 Å². The molecule has 0 radical (unpaired) electrons. The lowest BCUT2D eigenvalue weighted by atomic mass is 10.1. The first-order valence-electron chi connectivity index (χ1n) is 10.1. The third-order valence-corrected chi connectivity index (χ3v) is 6.32. The Hall–Kier alpha value is -3.12. The molecule has 0 aliphatic carbocycles. The minimum atomic E-state index is -0.0794. The van der Waals surface area contributed by atoms with E-state index in [9.17, 15) is 9.59 Å². The van der Waals surface area contributed by atoms with Crippen LogP contribution in [0.2, 0.25) is 0 Å². The summed E-state index contributed by atoms with van der Waals surface area (Å²) in [7, 11) is 0. The summed E-state index contributed by atoms with van der Waals surface area (Å²) in [5.41, 5.74) is 2.79. The molecule has 2 heterocycles. The topological polar surface area (TPSA) is 58.6 Å². The van der Waals surface area contributed by atoms with Gasteiger partial charge in [0.1, 0.15) is 5.75 Å². The minimum Gasteiger partial charge on any atom is -0.494 e. The molecule has 0 unspecified atom stereocenters. The van der Waals surface area contributed by atoms with Crippen molar-refractivity contribution in [3.63, 3.8) is 0 Å². The molecular formula is C24H24N2O3S. The van der Waals surface area contributed by atoms with Gasteiger partial charge in [-0.25, -0.2) is 0 Å². The van der Waals surface area contributed by atoms with Gasteiger partial charge >= 0.3 is 0 Å². The lowest BCUT2D eigenvalue weighted by molar-refractivity contribution is 0.0736. The van der Waals surface area contributed by atoms with Gasteiger partial charge in [-0.2, -0.15) is 0 Å². The highest BCUT2D eigenvalue weighted by atomic mass is 32.1. The predicted octanol–water partition coefficient (Wildman–Crippen LogP) is 4.28. The van der Waals surface area contributed by atoms with E-state index in [0.29, 0.717) is 36.7 Å². The highest BCUT2D eigenvalue weighted by Crippen LogP contribution is 2.29. The Morgan fingerprint density at radius 1 is 1.10 bits per heavy atom. The molecule has 30 heavy (non-hydrogen) atoms. The van der Waals surface area contributed by atoms with E-state index in [1.807, 2.05) is 72.5 Å². The van der Waals surface area contributed by atoms with E-state index in [1.165, 1.54) is 16.2 Å². The Bertz CT molecular complexity index is 1030. The molecule has 3 aromatic rings. The largest absolute Gasteiger partial charge is 0.494 e. The monoisotopic (exact) mass is 420 g/mol. The van der Waals surface area contributed by atoms with E-state index < -0.39 is 0 Å². The van der Waals surface area contributed by atoms with E-state index in [2.05, 4.69) is 5.32 Å². The second-order valence-corrected chi connectivity index (χ2v) is 8.30. The summed E-state index contributed by atoms with van der Waals surface area (Å²) in [5.74, 6) is 0.784. The van der Waals surface area contributed by atoms with Gasteiger partial charge in [0, 0.05) is 30.1 Å². The van der Waals surface area contributed by atoms with E-state index in [1.54, 1.807) is 0 Å². The van der Waals surface area contributed by atoms with Gasteiger partial charge in [-0.3, -0.25) is 9.59 Å². The third-order valence-electron chi connectivity index (χ3n) is 5.09. The van der Waals surface area contributed by atoms with Crippen LogP contribution in [0.25, 0.3) is 0 Å². The second kappa shape index (κ2) is 9.13. The van der Waals surface area contributed by atoms with Crippen LogP contribution >= 0.6 is 11.3 Å². The number of ether oxygens (including phenoxy) is 1. The van der Waals surface area contributed by atoms with Crippen molar-refractivity contribution < 1.29 is 14.3 Å². The first kappa shape index (κ1) is 20.2. The van der Waals surface area contributed by atoms with Gasteiger partial charge < -0.3 is 15.0 Å².